The number of rotatable bonds is 5. The summed E-state index contributed by atoms with van der Waals surface area (Å²) in [5.41, 5.74) is -0.174. The van der Waals surface area contributed by atoms with Crippen LogP contribution in [0.25, 0.3) is 0 Å². The maximum absolute atomic E-state index is 10.9. The summed E-state index contributed by atoms with van der Waals surface area (Å²) in [5, 5.41) is 15.9. The normalized spacial score (nSPS) is 9.76. The van der Waals surface area contributed by atoms with E-state index in [4.69, 9.17) is 11.6 Å². The van der Waals surface area contributed by atoms with Gasteiger partial charge in [-0.15, -0.1) is 0 Å². The molecule has 1 rings (SSSR count). The van der Waals surface area contributed by atoms with Crippen molar-refractivity contribution < 1.29 is 9.72 Å². The highest BCUT2D eigenvalue weighted by molar-refractivity contribution is 6.33. The van der Waals surface area contributed by atoms with E-state index in [1.165, 1.54) is 6.07 Å². The zero-order valence-electron chi connectivity index (χ0n) is 9.07. The first-order valence-electron chi connectivity index (χ1n) is 4.79. The summed E-state index contributed by atoms with van der Waals surface area (Å²) in [6.45, 7) is 0.351. The smallest absolute Gasteiger partial charge is 0.289 e. The first-order valence-corrected chi connectivity index (χ1v) is 5.16. The molecule has 0 radical (unpaired) electrons. The molecule has 92 valence electrons. The molecule has 7 nitrogen and oxygen atoms in total. The van der Waals surface area contributed by atoms with E-state index in [1.54, 1.807) is 7.05 Å². The Morgan fingerprint density at radius 2 is 2.35 bits per heavy atom. The summed E-state index contributed by atoms with van der Waals surface area (Å²) in [7, 11) is 1.54. The van der Waals surface area contributed by atoms with Crippen LogP contribution in [0.1, 0.15) is 6.42 Å². The number of hydrogen-bond acceptors (Lipinski definition) is 5. The summed E-state index contributed by atoms with van der Waals surface area (Å²) >= 11 is 5.79. The lowest BCUT2D eigenvalue weighted by atomic mass is 10.3. The van der Waals surface area contributed by atoms with Gasteiger partial charge >= 0.3 is 0 Å². The number of halogens is 1. The fourth-order valence-electron chi connectivity index (χ4n) is 1.08. The lowest BCUT2D eigenvalue weighted by Gasteiger charge is -2.06. The highest BCUT2D eigenvalue weighted by Gasteiger charge is 2.10. The van der Waals surface area contributed by atoms with Crippen LogP contribution in [0.5, 0.6) is 0 Å². The van der Waals surface area contributed by atoms with Crippen molar-refractivity contribution in [1.82, 2.24) is 10.3 Å². The zero-order chi connectivity index (χ0) is 12.8. The number of nitro groups is 1. The Morgan fingerprint density at radius 1 is 1.65 bits per heavy atom. The van der Waals surface area contributed by atoms with E-state index in [2.05, 4.69) is 15.6 Å². The third-order valence-corrected chi connectivity index (χ3v) is 2.25. The summed E-state index contributed by atoms with van der Waals surface area (Å²) in [6, 6.07) is 1.21. The molecule has 1 aromatic rings. The molecule has 0 atom stereocenters. The maximum atomic E-state index is 10.9. The monoisotopic (exact) mass is 258 g/mol. The molecule has 0 aliphatic heterocycles. The Hall–Kier alpha value is -1.89. The third-order valence-electron chi connectivity index (χ3n) is 1.96. The molecule has 0 unspecified atom stereocenters. The average molecular weight is 259 g/mol. The first-order chi connectivity index (χ1) is 8.04. The molecule has 0 bridgehead atoms. The van der Waals surface area contributed by atoms with Gasteiger partial charge in [-0.05, 0) is 0 Å². The number of carbonyl (C=O) groups excluding carboxylic acids is 1. The molecule has 1 amide bonds. The molecule has 17 heavy (non-hydrogen) atoms. The molecule has 0 aliphatic rings. The van der Waals surface area contributed by atoms with Gasteiger partial charge < -0.3 is 10.6 Å². The van der Waals surface area contributed by atoms with Crippen molar-refractivity contribution >= 4 is 29.0 Å². The lowest BCUT2D eigenvalue weighted by Crippen LogP contribution is -2.21. The lowest BCUT2D eigenvalue weighted by molar-refractivity contribution is -0.385. The molecule has 2 N–H and O–H groups in total. The highest BCUT2D eigenvalue weighted by Crippen LogP contribution is 2.23. The molecular weight excluding hydrogens is 248 g/mol. The quantitative estimate of drug-likeness (QED) is 0.611. The van der Waals surface area contributed by atoms with Crippen LogP contribution in [0.4, 0.5) is 11.5 Å². The van der Waals surface area contributed by atoms with Crippen LogP contribution < -0.4 is 10.6 Å². The summed E-state index contributed by atoms with van der Waals surface area (Å²) in [4.78, 5) is 24.6. The van der Waals surface area contributed by atoms with Gasteiger partial charge in [-0.25, -0.2) is 4.98 Å². The van der Waals surface area contributed by atoms with Gasteiger partial charge in [-0.1, -0.05) is 11.6 Å². The van der Waals surface area contributed by atoms with Gasteiger partial charge in [0.05, 0.1) is 9.95 Å². The second-order valence-electron chi connectivity index (χ2n) is 3.13. The number of hydrogen-bond donors (Lipinski definition) is 2. The summed E-state index contributed by atoms with van der Waals surface area (Å²) < 4.78 is 0. The van der Waals surface area contributed by atoms with Crippen LogP contribution in [-0.2, 0) is 4.79 Å². The van der Waals surface area contributed by atoms with Gasteiger partial charge in [0.25, 0.3) is 5.69 Å². The summed E-state index contributed by atoms with van der Waals surface area (Å²) in [6.07, 6.45) is 1.37. The number of pyridine rings is 1. The van der Waals surface area contributed by atoms with E-state index in [0.717, 1.165) is 6.20 Å². The Balaban J connectivity index is 2.60. The Kier molecular flexibility index (Phi) is 4.65. The van der Waals surface area contributed by atoms with E-state index < -0.39 is 4.92 Å². The predicted molar refractivity (Wildman–Crippen MR) is 63.1 cm³/mol. The molecule has 0 saturated heterocycles. The van der Waals surface area contributed by atoms with Crippen molar-refractivity contribution in [2.24, 2.45) is 0 Å². The van der Waals surface area contributed by atoms with E-state index in [0.29, 0.717) is 12.4 Å². The topological polar surface area (TPSA) is 97.2 Å². The molecule has 0 fully saturated rings. The van der Waals surface area contributed by atoms with Crippen LogP contribution >= 0.6 is 11.6 Å². The number of nitrogens with one attached hydrogen (secondary N) is 2. The van der Waals surface area contributed by atoms with Crippen molar-refractivity contribution in [1.29, 1.82) is 0 Å². The minimum absolute atomic E-state index is 0.115. The number of amides is 1. The van der Waals surface area contributed by atoms with Crippen LogP contribution in [-0.4, -0.2) is 29.4 Å². The Bertz CT molecular complexity index is 438. The van der Waals surface area contributed by atoms with Gasteiger partial charge in [0.2, 0.25) is 5.91 Å². The minimum Gasteiger partial charge on any atom is -0.368 e. The van der Waals surface area contributed by atoms with Crippen molar-refractivity contribution in [3.63, 3.8) is 0 Å². The van der Waals surface area contributed by atoms with Gasteiger partial charge in [-0.2, -0.15) is 0 Å². The second-order valence-corrected chi connectivity index (χ2v) is 3.54. The fraction of sp³-hybridized carbons (Fsp3) is 0.333. The molecule has 8 heteroatoms. The fourth-order valence-corrected chi connectivity index (χ4v) is 1.30. The van der Waals surface area contributed by atoms with E-state index in [1.807, 2.05) is 0 Å². The zero-order valence-corrected chi connectivity index (χ0v) is 9.82. The van der Waals surface area contributed by atoms with E-state index in [9.17, 15) is 14.9 Å². The van der Waals surface area contributed by atoms with Crippen LogP contribution in [0.2, 0.25) is 5.02 Å². The third kappa shape index (κ3) is 3.87. The molecule has 0 saturated carbocycles. The second kappa shape index (κ2) is 6.00. The number of nitrogens with zero attached hydrogens (tertiary/aromatic N) is 2. The molecule has 1 aromatic heterocycles. The van der Waals surface area contributed by atoms with E-state index >= 15 is 0 Å². The van der Waals surface area contributed by atoms with Crippen LogP contribution in [0.3, 0.4) is 0 Å². The highest BCUT2D eigenvalue weighted by atomic mass is 35.5. The molecule has 0 aliphatic carbocycles. The van der Waals surface area contributed by atoms with Gasteiger partial charge in [0.15, 0.2) is 0 Å². The maximum Gasteiger partial charge on any atom is 0.289 e. The van der Waals surface area contributed by atoms with Gasteiger partial charge in [0.1, 0.15) is 12.0 Å². The standard InChI is InChI=1S/C9H11ClN4O3/c1-11-8(15)2-3-12-9-7(10)4-6(5-13-9)14(16)17/h4-5H,2-3H2,1H3,(H,11,15)(H,12,13). The molecule has 0 spiro atoms. The van der Waals surface area contributed by atoms with E-state index in [-0.39, 0.29) is 23.0 Å². The summed E-state index contributed by atoms with van der Waals surface area (Å²) in [5.74, 6) is 0.205. The Morgan fingerprint density at radius 3 is 2.88 bits per heavy atom. The van der Waals surface area contributed by atoms with Gasteiger partial charge in [-0.3, -0.25) is 14.9 Å². The first kappa shape index (κ1) is 13.2. The minimum atomic E-state index is -0.576. The molecular formula is C9H11ClN4O3. The van der Waals surface area contributed by atoms with Crippen LogP contribution in [0.15, 0.2) is 12.3 Å². The van der Waals surface area contributed by atoms with Crippen molar-refractivity contribution in [2.45, 2.75) is 6.42 Å². The number of carbonyl (C=O) groups is 1. The van der Waals surface area contributed by atoms with Crippen LogP contribution in [0, 0.1) is 10.1 Å². The molecule has 1 heterocycles. The van der Waals surface area contributed by atoms with Crippen molar-refractivity contribution in [3.05, 3.63) is 27.4 Å². The Labute approximate surface area is 102 Å². The SMILES string of the molecule is CNC(=O)CCNc1ncc([N+](=O)[O-])cc1Cl. The average Bonchev–Trinajstić information content (AvgIpc) is 2.30. The largest absolute Gasteiger partial charge is 0.368 e. The number of aromatic nitrogens is 1. The van der Waals surface area contributed by atoms with Crippen molar-refractivity contribution in [3.8, 4) is 0 Å². The van der Waals surface area contributed by atoms with Gasteiger partial charge in [0, 0.05) is 26.1 Å². The number of anilines is 1. The predicted octanol–water partition coefficient (Wildman–Crippen LogP) is 1.19. The molecule has 0 aromatic carbocycles. The van der Waals surface area contributed by atoms with Crippen molar-refractivity contribution in [2.75, 3.05) is 18.9 Å².